The molecule has 1 atom stereocenters. The van der Waals surface area contributed by atoms with Crippen LogP contribution in [0.15, 0.2) is 12.1 Å². The Hall–Kier alpha value is -1.58. The second-order valence-corrected chi connectivity index (χ2v) is 6.20. The van der Waals surface area contributed by atoms with Crippen molar-refractivity contribution in [1.29, 1.82) is 0 Å². The van der Waals surface area contributed by atoms with Gasteiger partial charge in [0.05, 0.1) is 5.56 Å². The number of carbonyl (C=O) groups is 1. The first-order valence-electron chi connectivity index (χ1n) is 7.23. The molecule has 1 unspecified atom stereocenters. The topological polar surface area (TPSA) is 53.4 Å². The van der Waals surface area contributed by atoms with Crippen LogP contribution in [0.4, 0.5) is 5.82 Å². The van der Waals surface area contributed by atoms with Gasteiger partial charge in [0.2, 0.25) is 0 Å². The maximum atomic E-state index is 11.3. The van der Waals surface area contributed by atoms with Crippen molar-refractivity contribution >= 4 is 11.8 Å². The first-order chi connectivity index (χ1) is 9.20. The van der Waals surface area contributed by atoms with E-state index in [4.69, 9.17) is 0 Å². The van der Waals surface area contributed by atoms with Gasteiger partial charge in [0.25, 0.3) is 0 Å². The highest BCUT2D eigenvalue weighted by Gasteiger charge is 2.22. The quantitative estimate of drug-likeness (QED) is 0.892. The molecule has 112 valence electrons. The minimum absolute atomic E-state index is 0.172. The van der Waals surface area contributed by atoms with Crippen molar-refractivity contribution in [2.45, 2.75) is 59.4 Å². The molecule has 0 aliphatic heterocycles. The first-order valence-corrected chi connectivity index (χ1v) is 7.23. The summed E-state index contributed by atoms with van der Waals surface area (Å²) in [5, 5.41) is 9.30. The number of aromatic carboxylic acids is 1. The Bertz CT molecular complexity index is 478. The van der Waals surface area contributed by atoms with Gasteiger partial charge in [0.1, 0.15) is 5.82 Å². The molecule has 1 rings (SSSR count). The van der Waals surface area contributed by atoms with Gasteiger partial charge in [-0.05, 0) is 32.4 Å². The van der Waals surface area contributed by atoms with Gasteiger partial charge in [-0.2, -0.15) is 0 Å². The van der Waals surface area contributed by atoms with Crippen LogP contribution < -0.4 is 4.90 Å². The van der Waals surface area contributed by atoms with E-state index in [1.165, 1.54) is 0 Å². The highest BCUT2D eigenvalue weighted by molar-refractivity contribution is 5.88. The molecule has 20 heavy (non-hydrogen) atoms. The molecule has 0 saturated carbocycles. The standard InChI is InChI=1S/C16H26N2O2/c1-7-11(3)18(8-2)14-10-12(15(19)20)9-13(17-14)16(4,5)6/h9-11H,7-8H2,1-6H3,(H,19,20). The zero-order valence-electron chi connectivity index (χ0n) is 13.4. The Labute approximate surface area is 121 Å². The fourth-order valence-corrected chi connectivity index (χ4v) is 2.09. The van der Waals surface area contributed by atoms with Crippen molar-refractivity contribution < 1.29 is 9.90 Å². The summed E-state index contributed by atoms with van der Waals surface area (Å²) in [4.78, 5) is 18.2. The molecule has 4 nitrogen and oxygen atoms in total. The van der Waals surface area contributed by atoms with Crippen LogP contribution in [-0.4, -0.2) is 28.6 Å². The summed E-state index contributed by atoms with van der Waals surface area (Å²) >= 11 is 0. The minimum atomic E-state index is -0.903. The molecule has 0 radical (unpaired) electrons. The average Bonchev–Trinajstić information content (AvgIpc) is 2.37. The van der Waals surface area contributed by atoms with Gasteiger partial charge in [-0.3, -0.25) is 0 Å². The van der Waals surface area contributed by atoms with Crippen LogP contribution in [0, 0.1) is 0 Å². The van der Waals surface area contributed by atoms with Crippen LogP contribution in [0.5, 0.6) is 0 Å². The summed E-state index contributed by atoms with van der Waals surface area (Å²) in [6.45, 7) is 13.3. The maximum Gasteiger partial charge on any atom is 0.335 e. The molecule has 1 N–H and O–H groups in total. The molecular weight excluding hydrogens is 252 g/mol. The molecule has 1 aromatic rings. The highest BCUT2D eigenvalue weighted by atomic mass is 16.4. The Morgan fingerprint density at radius 3 is 2.35 bits per heavy atom. The van der Waals surface area contributed by atoms with Gasteiger partial charge in [-0.15, -0.1) is 0 Å². The molecule has 0 bridgehead atoms. The molecule has 0 fully saturated rings. The van der Waals surface area contributed by atoms with Crippen LogP contribution in [0.25, 0.3) is 0 Å². The number of pyridine rings is 1. The predicted octanol–water partition coefficient (Wildman–Crippen LogP) is 3.70. The van der Waals surface area contributed by atoms with Crippen LogP contribution in [0.2, 0.25) is 0 Å². The van der Waals surface area contributed by atoms with E-state index in [1.807, 2.05) is 20.8 Å². The lowest BCUT2D eigenvalue weighted by atomic mass is 9.90. The fourth-order valence-electron chi connectivity index (χ4n) is 2.09. The van der Waals surface area contributed by atoms with E-state index in [0.717, 1.165) is 24.5 Å². The molecule has 0 aliphatic carbocycles. The van der Waals surface area contributed by atoms with Crippen molar-refractivity contribution in [2.75, 3.05) is 11.4 Å². The Morgan fingerprint density at radius 1 is 1.35 bits per heavy atom. The molecule has 0 saturated heterocycles. The van der Waals surface area contributed by atoms with Crippen LogP contribution in [0.3, 0.4) is 0 Å². The summed E-state index contributed by atoms with van der Waals surface area (Å²) in [7, 11) is 0. The number of aromatic nitrogens is 1. The SMILES string of the molecule is CCC(C)N(CC)c1cc(C(=O)O)cc(C(C)(C)C)n1. The lowest BCUT2D eigenvalue weighted by molar-refractivity contribution is 0.0696. The maximum absolute atomic E-state index is 11.3. The number of nitrogens with zero attached hydrogens (tertiary/aromatic N) is 2. The predicted molar refractivity (Wildman–Crippen MR) is 82.7 cm³/mol. The van der Waals surface area contributed by atoms with Crippen molar-refractivity contribution in [1.82, 2.24) is 4.98 Å². The number of hydrogen-bond acceptors (Lipinski definition) is 3. The van der Waals surface area contributed by atoms with Crippen LogP contribution >= 0.6 is 0 Å². The Morgan fingerprint density at radius 2 is 1.95 bits per heavy atom. The van der Waals surface area contributed by atoms with Crippen molar-refractivity contribution in [3.63, 3.8) is 0 Å². The Kier molecular flexibility index (Phi) is 5.15. The molecular formula is C16H26N2O2. The normalized spacial score (nSPS) is 13.1. The molecule has 1 heterocycles. The number of rotatable bonds is 5. The number of carboxylic acids is 1. The highest BCUT2D eigenvalue weighted by Crippen LogP contribution is 2.26. The summed E-state index contributed by atoms with van der Waals surface area (Å²) in [5.74, 6) is -0.147. The molecule has 1 aromatic heterocycles. The second kappa shape index (κ2) is 6.25. The van der Waals surface area contributed by atoms with Gasteiger partial charge < -0.3 is 10.0 Å². The van der Waals surface area contributed by atoms with E-state index in [1.54, 1.807) is 12.1 Å². The van der Waals surface area contributed by atoms with E-state index in [-0.39, 0.29) is 5.41 Å². The molecule has 0 spiro atoms. The number of anilines is 1. The van der Waals surface area contributed by atoms with Gasteiger partial charge >= 0.3 is 5.97 Å². The number of carboxylic acid groups (broad SMARTS) is 1. The summed E-state index contributed by atoms with van der Waals surface area (Å²) < 4.78 is 0. The van der Waals surface area contributed by atoms with Gasteiger partial charge in [-0.1, -0.05) is 27.7 Å². The second-order valence-electron chi connectivity index (χ2n) is 6.20. The lowest BCUT2D eigenvalue weighted by Gasteiger charge is -2.30. The zero-order valence-corrected chi connectivity index (χ0v) is 13.4. The van der Waals surface area contributed by atoms with Gasteiger partial charge in [-0.25, -0.2) is 9.78 Å². The van der Waals surface area contributed by atoms with E-state index in [9.17, 15) is 9.90 Å². The Balaban J connectivity index is 3.38. The van der Waals surface area contributed by atoms with E-state index < -0.39 is 5.97 Å². The van der Waals surface area contributed by atoms with Gasteiger partial charge in [0, 0.05) is 23.7 Å². The van der Waals surface area contributed by atoms with E-state index >= 15 is 0 Å². The third-order valence-corrected chi connectivity index (χ3v) is 3.59. The molecule has 0 aliphatic rings. The monoisotopic (exact) mass is 278 g/mol. The number of hydrogen-bond donors (Lipinski definition) is 1. The summed E-state index contributed by atoms with van der Waals surface area (Å²) in [5.41, 5.74) is 0.950. The summed E-state index contributed by atoms with van der Waals surface area (Å²) in [6, 6.07) is 3.69. The molecule has 4 heteroatoms. The fraction of sp³-hybridized carbons (Fsp3) is 0.625. The minimum Gasteiger partial charge on any atom is -0.478 e. The van der Waals surface area contributed by atoms with E-state index in [0.29, 0.717) is 11.6 Å². The van der Waals surface area contributed by atoms with Crippen molar-refractivity contribution in [3.05, 3.63) is 23.4 Å². The van der Waals surface area contributed by atoms with E-state index in [2.05, 4.69) is 30.7 Å². The third kappa shape index (κ3) is 3.71. The van der Waals surface area contributed by atoms with Crippen LogP contribution in [0.1, 0.15) is 64.0 Å². The van der Waals surface area contributed by atoms with Crippen molar-refractivity contribution in [3.8, 4) is 0 Å². The van der Waals surface area contributed by atoms with Crippen LogP contribution in [-0.2, 0) is 5.41 Å². The third-order valence-electron chi connectivity index (χ3n) is 3.59. The van der Waals surface area contributed by atoms with Gasteiger partial charge in [0.15, 0.2) is 0 Å². The van der Waals surface area contributed by atoms with Crippen molar-refractivity contribution in [2.24, 2.45) is 0 Å². The smallest absolute Gasteiger partial charge is 0.335 e. The summed E-state index contributed by atoms with van der Waals surface area (Å²) in [6.07, 6.45) is 0.998. The molecule has 0 amide bonds. The lowest BCUT2D eigenvalue weighted by Crippen LogP contribution is -2.34. The zero-order chi connectivity index (χ0) is 15.5. The molecule has 0 aromatic carbocycles. The largest absolute Gasteiger partial charge is 0.478 e. The first kappa shape index (κ1) is 16.5. The average molecular weight is 278 g/mol.